The van der Waals surface area contributed by atoms with Crippen molar-refractivity contribution in [3.63, 3.8) is 0 Å². The minimum Gasteiger partial charge on any atom is -0.337 e. The van der Waals surface area contributed by atoms with E-state index in [1.165, 1.54) is 5.56 Å². The molecule has 0 bridgehead atoms. The van der Waals surface area contributed by atoms with Gasteiger partial charge in [-0.05, 0) is 19.4 Å². The summed E-state index contributed by atoms with van der Waals surface area (Å²) in [5.74, 6) is 0. The van der Waals surface area contributed by atoms with E-state index in [1.807, 2.05) is 29.2 Å². The second-order valence-electron chi connectivity index (χ2n) is 5.30. The van der Waals surface area contributed by atoms with Crippen LogP contribution in [0.3, 0.4) is 0 Å². The molecule has 0 N–H and O–H groups in total. The molecule has 0 saturated carbocycles. The standard InChI is InChI=1S/C15H20N2O2/c1-12-7-16(8-13(2)17(12)11-19)9-14-3-5-15(10-18)6-4-14/h3-6,10-13H,7-9H2,1-2H3. The molecule has 1 aromatic rings. The first-order valence-electron chi connectivity index (χ1n) is 6.63. The number of amides is 1. The van der Waals surface area contributed by atoms with Crippen molar-refractivity contribution in [1.29, 1.82) is 0 Å². The van der Waals surface area contributed by atoms with Crippen molar-refractivity contribution >= 4 is 12.7 Å². The quantitative estimate of drug-likeness (QED) is 0.771. The highest BCUT2D eigenvalue weighted by molar-refractivity contribution is 5.74. The zero-order valence-electron chi connectivity index (χ0n) is 11.5. The summed E-state index contributed by atoms with van der Waals surface area (Å²) in [6, 6.07) is 8.16. The molecule has 4 nitrogen and oxygen atoms in total. The topological polar surface area (TPSA) is 40.6 Å². The van der Waals surface area contributed by atoms with Crippen molar-refractivity contribution in [2.45, 2.75) is 32.5 Å². The van der Waals surface area contributed by atoms with Gasteiger partial charge in [-0.1, -0.05) is 24.3 Å². The van der Waals surface area contributed by atoms with Gasteiger partial charge in [-0.3, -0.25) is 14.5 Å². The lowest BCUT2D eigenvalue weighted by atomic mass is 10.1. The predicted molar refractivity (Wildman–Crippen MR) is 73.9 cm³/mol. The van der Waals surface area contributed by atoms with Gasteiger partial charge in [-0.25, -0.2) is 0 Å². The molecule has 1 fully saturated rings. The zero-order chi connectivity index (χ0) is 13.8. The molecule has 1 saturated heterocycles. The predicted octanol–water partition coefficient (Wildman–Crippen LogP) is 1.55. The van der Waals surface area contributed by atoms with Gasteiger partial charge >= 0.3 is 0 Å². The van der Waals surface area contributed by atoms with Crippen LogP contribution < -0.4 is 0 Å². The minimum atomic E-state index is 0.246. The molecule has 1 heterocycles. The van der Waals surface area contributed by atoms with E-state index < -0.39 is 0 Å². The van der Waals surface area contributed by atoms with Crippen molar-refractivity contribution in [2.75, 3.05) is 13.1 Å². The Labute approximate surface area is 114 Å². The van der Waals surface area contributed by atoms with Crippen LogP contribution in [0.2, 0.25) is 0 Å². The summed E-state index contributed by atoms with van der Waals surface area (Å²) in [6.45, 7) is 6.79. The average Bonchev–Trinajstić information content (AvgIpc) is 2.39. The third-order valence-corrected chi connectivity index (χ3v) is 3.71. The number of rotatable bonds is 4. The number of piperazine rings is 1. The van der Waals surface area contributed by atoms with Crippen molar-refractivity contribution in [2.24, 2.45) is 0 Å². The maximum Gasteiger partial charge on any atom is 0.210 e. The van der Waals surface area contributed by atoms with E-state index >= 15 is 0 Å². The number of nitrogens with zero attached hydrogens (tertiary/aromatic N) is 2. The Bertz CT molecular complexity index is 432. The van der Waals surface area contributed by atoms with E-state index in [2.05, 4.69) is 18.7 Å². The van der Waals surface area contributed by atoms with Gasteiger partial charge in [0.2, 0.25) is 6.41 Å². The molecule has 1 aliphatic heterocycles. The molecule has 0 radical (unpaired) electrons. The first kappa shape index (κ1) is 13.7. The fourth-order valence-electron chi connectivity index (χ4n) is 2.74. The molecule has 0 aliphatic carbocycles. The Morgan fingerprint density at radius 2 is 1.68 bits per heavy atom. The Morgan fingerprint density at radius 1 is 1.11 bits per heavy atom. The summed E-state index contributed by atoms with van der Waals surface area (Å²) in [6.07, 6.45) is 1.81. The molecule has 1 amide bonds. The van der Waals surface area contributed by atoms with Crippen LogP contribution in [0.1, 0.15) is 29.8 Å². The Kier molecular flexibility index (Phi) is 4.32. The highest BCUT2D eigenvalue weighted by Gasteiger charge is 2.27. The van der Waals surface area contributed by atoms with Crippen LogP contribution in [-0.2, 0) is 11.3 Å². The van der Waals surface area contributed by atoms with Gasteiger partial charge < -0.3 is 4.90 Å². The van der Waals surface area contributed by atoms with Gasteiger partial charge in [0.05, 0.1) is 0 Å². The van der Waals surface area contributed by atoms with Crippen LogP contribution in [-0.4, -0.2) is 47.7 Å². The van der Waals surface area contributed by atoms with Crippen LogP contribution in [0.4, 0.5) is 0 Å². The molecule has 1 aliphatic rings. The molecular formula is C15H20N2O2. The van der Waals surface area contributed by atoms with Crippen LogP contribution in [0.15, 0.2) is 24.3 Å². The molecule has 0 spiro atoms. The second kappa shape index (κ2) is 5.97. The number of benzene rings is 1. The zero-order valence-corrected chi connectivity index (χ0v) is 11.5. The number of carbonyl (C=O) groups is 2. The van der Waals surface area contributed by atoms with Crippen molar-refractivity contribution in [1.82, 2.24) is 9.80 Å². The van der Waals surface area contributed by atoms with Crippen molar-refractivity contribution < 1.29 is 9.59 Å². The van der Waals surface area contributed by atoms with Crippen molar-refractivity contribution in [3.8, 4) is 0 Å². The Balaban J connectivity index is 1.99. The molecule has 2 unspecified atom stereocenters. The molecular weight excluding hydrogens is 240 g/mol. The average molecular weight is 260 g/mol. The van der Waals surface area contributed by atoms with E-state index in [0.717, 1.165) is 32.3 Å². The number of aldehydes is 1. The summed E-state index contributed by atoms with van der Waals surface area (Å²) in [5.41, 5.74) is 1.90. The third kappa shape index (κ3) is 3.20. The maximum atomic E-state index is 11.0. The lowest BCUT2D eigenvalue weighted by Crippen LogP contribution is -2.55. The number of carbonyl (C=O) groups excluding carboxylic acids is 2. The molecule has 2 atom stereocenters. The van der Waals surface area contributed by atoms with E-state index in [-0.39, 0.29) is 12.1 Å². The van der Waals surface area contributed by atoms with E-state index in [0.29, 0.717) is 5.56 Å². The maximum absolute atomic E-state index is 11.0. The van der Waals surface area contributed by atoms with Gasteiger partial charge in [0, 0.05) is 37.3 Å². The largest absolute Gasteiger partial charge is 0.337 e. The van der Waals surface area contributed by atoms with E-state index in [9.17, 15) is 9.59 Å². The van der Waals surface area contributed by atoms with E-state index in [1.54, 1.807) is 0 Å². The fourth-order valence-corrected chi connectivity index (χ4v) is 2.74. The first-order valence-corrected chi connectivity index (χ1v) is 6.63. The number of hydrogen-bond donors (Lipinski definition) is 0. The smallest absolute Gasteiger partial charge is 0.210 e. The lowest BCUT2D eigenvalue weighted by Gasteiger charge is -2.42. The highest BCUT2D eigenvalue weighted by Crippen LogP contribution is 2.16. The first-order chi connectivity index (χ1) is 9.13. The third-order valence-electron chi connectivity index (χ3n) is 3.71. The molecule has 0 aromatic heterocycles. The normalized spacial score (nSPS) is 24.2. The lowest BCUT2D eigenvalue weighted by molar-refractivity contribution is -0.125. The molecule has 2 rings (SSSR count). The Morgan fingerprint density at radius 3 is 2.16 bits per heavy atom. The Hall–Kier alpha value is -1.68. The van der Waals surface area contributed by atoms with Crippen LogP contribution >= 0.6 is 0 Å². The van der Waals surface area contributed by atoms with Crippen LogP contribution in [0.25, 0.3) is 0 Å². The SMILES string of the molecule is CC1CN(Cc2ccc(C=O)cc2)CC(C)N1C=O. The van der Waals surface area contributed by atoms with Gasteiger partial charge in [-0.2, -0.15) is 0 Å². The van der Waals surface area contributed by atoms with Gasteiger partial charge in [0.25, 0.3) is 0 Å². The van der Waals surface area contributed by atoms with Gasteiger partial charge in [-0.15, -0.1) is 0 Å². The van der Waals surface area contributed by atoms with Crippen molar-refractivity contribution in [3.05, 3.63) is 35.4 Å². The minimum absolute atomic E-state index is 0.246. The van der Waals surface area contributed by atoms with Gasteiger partial charge in [0.1, 0.15) is 6.29 Å². The van der Waals surface area contributed by atoms with E-state index in [4.69, 9.17) is 0 Å². The monoisotopic (exact) mass is 260 g/mol. The molecule has 1 aromatic carbocycles. The molecule has 4 heteroatoms. The van der Waals surface area contributed by atoms with Crippen LogP contribution in [0, 0.1) is 0 Å². The fraction of sp³-hybridized carbons (Fsp3) is 0.467. The number of hydrogen-bond acceptors (Lipinski definition) is 3. The summed E-state index contributed by atoms with van der Waals surface area (Å²) in [5, 5.41) is 0. The highest BCUT2D eigenvalue weighted by atomic mass is 16.1. The summed E-state index contributed by atoms with van der Waals surface area (Å²) < 4.78 is 0. The summed E-state index contributed by atoms with van der Waals surface area (Å²) in [7, 11) is 0. The van der Waals surface area contributed by atoms with Gasteiger partial charge in [0.15, 0.2) is 0 Å². The summed E-state index contributed by atoms with van der Waals surface area (Å²) >= 11 is 0. The summed E-state index contributed by atoms with van der Waals surface area (Å²) in [4.78, 5) is 25.8. The van der Waals surface area contributed by atoms with Crippen LogP contribution in [0.5, 0.6) is 0 Å². The second-order valence-corrected chi connectivity index (χ2v) is 5.30. The molecule has 19 heavy (non-hydrogen) atoms. The molecule has 102 valence electrons.